The van der Waals surface area contributed by atoms with Gasteiger partial charge in [-0.1, -0.05) is 25.4 Å². The second-order valence-electron chi connectivity index (χ2n) is 3.94. The molecule has 1 aromatic rings. The number of ether oxygens (including phenoxy) is 1. The maximum Gasteiger partial charge on any atom is 0.328 e. The number of esters is 1. The van der Waals surface area contributed by atoms with Gasteiger partial charge < -0.3 is 10.1 Å². The van der Waals surface area contributed by atoms with Gasteiger partial charge in [-0.15, -0.1) is 0 Å². The van der Waals surface area contributed by atoms with Gasteiger partial charge >= 0.3 is 5.97 Å². The average Bonchev–Trinajstić information content (AvgIpc) is 2.35. The zero-order chi connectivity index (χ0) is 13.7. The highest BCUT2D eigenvalue weighted by atomic mass is 35.5. The van der Waals surface area contributed by atoms with Crippen molar-refractivity contribution in [2.45, 2.75) is 19.9 Å². The van der Waals surface area contributed by atoms with Crippen molar-refractivity contribution in [2.75, 3.05) is 7.11 Å². The molecule has 1 rings (SSSR count). The fourth-order valence-electron chi connectivity index (χ4n) is 1.27. The number of aromatic nitrogens is 2. The molecule has 0 aromatic carbocycles. The molecule has 0 saturated carbocycles. The van der Waals surface area contributed by atoms with Crippen LogP contribution in [-0.4, -0.2) is 35.0 Å². The van der Waals surface area contributed by atoms with E-state index in [2.05, 4.69) is 20.0 Å². The standard InChI is InChI=1S/C11H14ClN3O3/c1-6(2)9(11(17)18-3)15-10(16)7-4-14-8(12)5-13-7/h4-6,9H,1-3H3,(H,15,16)/t9-/m0/s1. The Kier molecular flexibility index (Phi) is 5.03. The highest BCUT2D eigenvalue weighted by Crippen LogP contribution is 2.06. The SMILES string of the molecule is COC(=O)[C@@H](NC(=O)c1cnc(Cl)cn1)C(C)C. The molecule has 0 aliphatic rings. The smallest absolute Gasteiger partial charge is 0.328 e. The number of hydrogen-bond donors (Lipinski definition) is 1. The van der Waals surface area contributed by atoms with Crippen LogP contribution in [0, 0.1) is 5.92 Å². The van der Waals surface area contributed by atoms with Crippen LogP contribution in [0.2, 0.25) is 5.15 Å². The summed E-state index contributed by atoms with van der Waals surface area (Å²) < 4.78 is 4.62. The maximum absolute atomic E-state index is 11.8. The molecule has 0 spiro atoms. The summed E-state index contributed by atoms with van der Waals surface area (Å²) >= 11 is 5.57. The summed E-state index contributed by atoms with van der Waals surface area (Å²) in [7, 11) is 1.27. The third kappa shape index (κ3) is 3.66. The van der Waals surface area contributed by atoms with E-state index < -0.39 is 17.9 Å². The quantitative estimate of drug-likeness (QED) is 0.828. The van der Waals surface area contributed by atoms with Gasteiger partial charge in [0.05, 0.1) is 19.5 Å². The van der Waals surface area contributed by atoms with Crippen molar-refractivity contribution >= 4 is 23.5 Å². The highest BCUT2D eigenvalue weighted by Gasteiger charge is 2.25. The van der Waals surface area contributed by atoms with Crippen LogP contribution in [0.1, 0.15) is 24.3 Å². The molecule has 1 atom stereocenters. The number of nitrogens with one attached hydrogen (secondary N) is 1. The number of nitrogens with zero attached hydrogens (tertiary/aromatic N) is 2. The highest BCUT2D eigenvalue weighted by molar-refractivity contribution is 6.29. The van der Waals surface area contributed by atoms with Crippen LogP contribution in [0.4, 0.5) is 0 Å². The van der Waals surface area contributed by atoms with E-state index in [0.717, 1.165) is 0 Å². The van der Waals surface area contributed by atoms with Gasteiger partial charge in [0.1, 0.15) is 16.9 Å². The second kappa shape index (κ2) is 6.30. The van der Waals surface area contributed by atoms with Crippen molar-refractivity contribution < 1.29 is 14.3 Å². The van der Waals surface area contributed by atoms with Crippen molar-refractivity contribution in [3.05, 3.63) is 23.2 Å². The van der Waals surface area contributed by atoms with Crippen LogP contribution in [0.15, 0.2) is 12.4 Å². The van der Waals surface area contributed by atoms with Gasteiger partial charge in [0.15, 0.2) is 0 Å². The minimum atomic E-state index is -0.722. The summed E-state index contributed by atoms with van der Waals surface area (Å²) in [6.07, 6.45) is 2.51. The summed E-state index contributed by atoms with van der Waals surface area (Å²) in [4.78, 5) is 30.9. The van der Waals surface area contributed by atoms with E-state index in [1.54, 1.807) is 13.8 Å². The Morgan fingerprint density at radius 1 is 1.33 bits per heavy atom. The van der Waals surface area contributed by atoms with E-state index in [9.17, 15) is 9.59 Å². The van der Waals surface area contributed by atoms with E-state index in [4.69, 9.17) is 11.6 Å². The molecule has 6 nitrogen and oxygen atoms in total. The summed E-state index contributed by atoms with van der Waals surface area (Å²) in [5.41, 5.74) is 0.0916. The van der Waals surface area contributed by atoms with Crippen molar-refractivity contribution in [1.29, 1.82) is 0 Å². The fraction of sp³-hybridized carbons (Fsp3) is 0.455. The first kappa shape index (κ1) is 14.4. The van der Waals surface area contributed by atoms with E-state index >= 15 is 0 Å². The van der Waals surface area contributed by atoms with Crippen LogP contribution in [0.25, 0.3) is 0 Å². The van der Waals surface area contributed by atoms with E-state index in [1.807, 2.05) is 0 Å². The summed E-state index contributed by atoms with van der Waals surface area (Å²) in [6.45, 7) is 3.60. The molecule has 1 heterocycles. The van der Waals surface area contributed by atoms with Gasteiger partial charge in [0.25, 0.3) is 5.91 Å². The first-order valence-electron chi connectivity index (χ1n) is 5.32. The third-order valence-electron chi connectivity index (χ3n) is 2.26. The molecule has 7 heteroatoms. The lowest BCUT2D eigenvalue weighted by molar-refractivity contribution is -0.144. The fourth-order valence-corrected chi connectivity index (χ4v) is 1.37. The number of carbonyl (C=O) groups excluding carboxylic acids is 2. The molecular weight excluding hydrogens is 258 g/mol. The van der Waals surface area contributed by atoms with Crippen LogP contribution >= 0.6 is 11.6 Å². The predicted octanol–water partition coefficient (Wildman–Crippen LogP) is 1.06. The lowest BCUT2D eigenvalue weighted by Crippen LogP contribution is -2.45. The molecule has 0 bridgehead atoms. The summed E-state index contributed by atoms with van der Waals surface area (Å²) in [6, 6.07) is -0.722. The van der Waals surface area contributed by atoms with E-state index in [0.29, 0.717) is 0 Å². The van der Waals surface area contributed by atoms with Crippen LogP contribution in [0.5, 0.6) is 0 Å². The Balaban J connectivity index is 2.78. The third-order valence-corrected chi connectivity index (χ3v) is 2.46. The van der Waals surface area contributed by atoms with Gasteiger partial charge in [0.2, 0.25) is 0 Å². The molecule has 0 saturated heterocycles. The number of methoxy groups -OCH3 is 1. The molecule has 0 aliphatic carbocycles. The van der Waals surface area contributed by atoms with Gasteiger partial charge in [-0.2, -0.15) is 0 Å². The molecule has 0 fully saturated rings. The summed E-state index contributed by atoms with van der Waals surface area (Å²) in [5.74, 6) is -1.09. The Bertz CT molecular complexity index is 434. The molecule has 18 heavy (non-hydrogen) atoms. The normalized spacial score (nSPS) is 12.1. The lowest BCUT2D eigenvalue weighted by Gasteiger charge is -2.19. The van der Waals surface area contributed by atoms with Crippen LogP contribution in [0.3, 0.4) is 0 Å². The first-order chi connectivity index (χ1) is 8.45. The van der Waals surface area contributed by atoms with Gasteiger partial charge in [-0.05, 0) is 5.92 Å². The number of hydrogen-bond acceptors (Lipinski definition) is 5. The van der Waals surface area contributed by atoms with Gasteiger partial charge in [0, 0.05) is 0 Å². The number of amides is 1. The molecule has 0 aliphatic heterocycles. The van der Waals surface area contributed by atoms with Gasteiger partial charge in [-0.3, -0.25) is 4.79 Å². The predicted molar refractivity (Wildman–Crippen MR) is 65.2 cm³/mol. The number of carbonyl (C=O) groups is 2. The number of rotatable bonds is 4. The maximum atomic E-state index is 11.8. The molecule has 0 radical (unpaired) electrons. The molecule has 1 amide bonds. The van der Waals surface area contributed by atoms with E-state index in [1.165, 1.54) is 19.5 Å². The van der Waals surface area contributed by atoms with Gasteiger partial charge in [-0.25, -0.2) is 14.8 Å². The molecule has 1 N–H and O–H groups in total. The molecular formula is C11H14ClN3O3. The molecule has 1 aromatic heterocycles. The Hall–Kier alpha value is -1.69. The zero-order valence-electron chi connectivity index (χ0n) is 10.3. The second-order valence-corrected chi connectivity index (χ2v) is 4.33. The Labute approximate surface area is 110 Å². The number of halogens is 1. The van der Waals surface area contributed by atoms with Crippen molar-refractivity contribution in [3.8, 4) is 0 Å². The Morgan fingerprint density at radius 3 is 2.44 bits per heavy atom. The summed E-state index contributed by atoms with van der Waals surface area (Å²) in [5, 5.41) is 2.74. The Morgan fingerprint density at radius 2 is 2.00 bits per heavy atom. The minimum Gasteiger partial charge on any atom is -0.467 e. The van der Waals surface area contributed by atoms with Crippen LogP contribution in [-0.2, 0) is 9.53 Å². The van der Waals surface area contributed by atoms with Crippen molar-refractivity contribution in [1.82, 2.24) is 15.3 Å². The van der Waals surface area contributed by atoms with Crippen molar-refractivity contribution in [3.63, 3.8) is 0 Å². The topological polar surface area (TPSA) is 81.2 Å². The minimum absolute atomic E-state index is 0.0916. The zero-order valence-corrected chi connectivity index (χ0v) is 11.1. The first-order valence-corrected chi connectivity index (χ1v) is 5.69. The molecule has 98 valence electrons. The van der Waals surface area contributed by atoms with Crippen LogP contribution < -0.4 is 5.32 Å². The van der Waals surface area contributed by atoms with Crippen molar-refractivity contribution in [2.24, 2.45) is 5.92 Å². The van der Waals surface area contributed by atoms with E-state index in [-0.39, 0.29) is 16.8 Å². The average molecular weight is 272 g/mol. The molecule has 0 unspecified atom stereocenters. The largest absolute Gasteiger partial charge is 0.467 e. The monoisotopic (exact) mass is 271 g/mol. The lowest BCUT2D eigenvalue weighted by atomic mass is 10.0.